The monoisotopic (exact) mass is 375 g/mol. The Balaban J connectivity index is 2.30. The number of benzene rings is 1. The van der Waals surface area contributed by atoms with Crippen LogP contribution < -0.4 is 4.74 Å². The first-order chi connectivity index (χ1) is 12.8. The Morgan fingerprint density at radius 1 is 1.44 bits per heavy atom. The number of carbonyl (C=O) groups excluding carboxylic acids is 1. The van der Waals surface area contributed by atoms with Crippen LogP contribution in [-0.4, -0.2) is 49.8 Å². The zero-order chi connectivity index (χ0) is 20.1. The maximum atomic E-state index is 12.7. The van der Waals surface area contributed by atoms with E-state index in [1.54, 1.807) is 25.1 Å². The molecule has 0 bridgehead atoms. The highest BCUT2D eigenvalue weighted by atomic mass is 16.5. The Bertz CT molecular complexity index is 685. The number of hydrogen-bond acceptors (Lipinski definition) is 4. The SMILES string of the molecule is C=CCN(C)C(=O)[C@@H](C)C1CCc2c(C)cc(OCCOC)c(C)c2[C@@H]1O. The molecular formula is C22H33NO4. The van der Waals surface area contributed by atoms with Gasteiger partial charge in [0.2, 0.25) is 5.91 Å². The molecule has 0 aromatic heterocycles. The van der Waals surface area contributed by atoms with Gasteiger partial charge in [-0.2, -0.15) is 0 Å². The second-order valence-corrected chi connectivity index (χ2v) is 7.49. The standard InChI is InChI=1S/C22H33NO4/c1-7-10-23(5)22(25)15(3)18-9-8-17-14(2)13-19(27-12-11-26-6)16(4)20(17)21(18)24/h7,13,15,18,21,24H,1,8-12H2,2-6H3/t15-,18?,21+/m0/s1. The molecule has 1 N–H and O–H groups in total. The number of fused-ring (bicyclic) bond motifs is 1. The predicted octanol–water partition coefficient (Wildman–Crippen LogP) is 3.20. The number of carbonyl (C=O) groups is 1. The molecule has 150 valence electrons. The number of aliphatic hydroxyl groups is 1. The molecule has 1 aliphatic rings. The van der Waals surface area contributed by atoms with Gasteiger partial charge in [0.05, 0.1) is 12.7 Å². The predicted molar refractivity (Wildman–Crippen MR) is 107 cm³/mol. The lowest BCUT2D eigenvalue weighted by molar-refractivity contribution is -0.137. The molecule has 0 heterocycles. The highest BCUT2D eigenvalue weighted by Crippen LogP contribution is 2.44. The molecule has 3 atom stereocenters. The van der Waals surface area contributed by atoms with Crippen LogP contribution in [-0.2, 0) is 16.0 Å². The molecule has 0 fully saturated rings. The lowest BCUT2D eigenvalue weighted by Gasteiger charge is -2.37. The third-order valence-corrected chi connectivity index (χ3v) is 5.71. The number of aliphatic hydroxyl groups excluding tert-OH is 1. The Labute approximate surface area is 163 Å². The molecule has 1 aromatic carbocycles. The number of methoxy groups -OCH3 is 1. The maximum Gasteiger partial charge on any atom is 0.225 e. The summed E-state index contributed by atoms with van der Waals surface area (Å²) in [4.78, 5) is 14.4. The number of rotatable bonds is 8. The molecule has 27 heavy (non-hydrogen) atoms. The molecule has 1 amide bonds. The molecular weight excluding hydrogens is 342 g/mol. The lowest BCUT2D eigenvalue weighted by Crippen LogP contribution is -2.39. The van der Waals surface area contributed by atoms with Gasteiger partial charge in [0, 0.05) is 32.5 Å². The number of ether oxygens (including phenoxy) is 2. The van der Waals surface area contributed by atoms with Gasteiger partial charge in [-0.3, -0.25) is 4.79 Å². The second kappa shape index (κ2) is 9.38. The summed E-state index contributed by atoms with van der Waals surface area (Å²) in [6.07, 6.45) is 2.71. The smallest absolute Gasteiger partial charge is 0.225 e. The summed E-state index contributed by atoms with van der Waals surface area (Å²) in [5, 5.41) is 11.2. The quantitative estimate of drug-likeness (QED) is 0.560. The fourth-order valence-electron chi connectivity index (χ4n) is 4.10. The van der Waals surface area contributed by atoms with E-state index in [9.17, 15) is 9.90 Å². The van der Waals surface area contributed by atoms with Crippen LogP contribution in [0.2, 0.25) is 0 Å². The Kier molecular flexibility index (Phi) is 7.45. The van der Waals surface area contributed by atoms with Gasteiger partial charge < -0.3 is 19.5 Å². The Hall–Kier alpha value is -1.85. The van der Waals surface area contributed by atoms with Crippen LogP contribution in [0.4, 0.5) is 0 Å². The van der Waals surface area contributed by atoms with Gasteiger partial charge in [-0.25, -0.2) is 0 Å². The van der Waals surface area contributed by atoms with Gasteiger partial charge in [0.15, 0.2) is 0 Å². The van der Waals surface area contributed by atoms with E-state index in [0.29, 0.717) is 19.8 Å². The largest absolute Gasteiger partial charge is 0.491 e. The fourth-order valence-corrected chi connectivity index (χ4v) is 4.10. The number of nitrogens with zero attached hydrogens (tertiary/aromatic N) is 1. The fraction of sp³-hybridized carbons (Fsp3) is 0.591. The molecule has 0 radical (unpaired) electrons. The van der Waals surface area contributed by atoms with Crippen LogP contribution in [0.25, 0.3) is 0 Å². The van der Waals surface area contributed by atoms with Gasteiger partial charge in [-0.1, -0.05) is 13.0 Å². The van der Waals surface area contributed by atoms with E-state index in [1.165, 1.54) is 5.56 Å². The second-order valence-electron chi connectivity index (χ2n) is 7.49. The molecule has 1 unspecified atom stereocenters. The molecule has 0 spiro atoms. The van der Waals surface area contributed by atoms with Crippen molar-refractivity contribution in [3.8, 4) is 5.75 Å². The molecule has 0 saturated heterocycles. The summed E-state index contributed by atoms with van der Waals surface area (Å²) in [5.41, 5.74) is 4.21. The van der Waals surface area contributed by atoms with E-state index < -0.39 is 6.10 Å². The van der Waals surface area contributed by atoms with Crippen LogP contribution in [0.5, 0.6) is 5.75 Å². The van der Waals surface area contributed by atoms with Gasteiger partial charge in [-0.15, -0.1) is 6.58 Å². The third kappa shape index (κ3) is 4.53. The van der Waals surface area contributed by atoms with Crippen LogP contribution >= 0.6 is 0 Å². The molecule has 2 rings (SSSR count). The first-order valence-electron chi connectivity index (χ1n) is 9.62. The van der Waals surface area contributed by atoms with Crippen molar-refractivity contribution in [2.24, 2.45) is 11.8 Å². The molecule has 1 aromatic rings. The Morgan fingerprint density at radius 3 is 2.78 bits per heavy atom. The highest BCUT2D eigenvalue weighted by molar-refractivity contribution is 5.79. The van der Waals surface area contributed by atoms with Gasteiger partial charge >= 0.3 is 0 Å². The summed E-state index contributed by atoms with van der Waals surface area (Å²) in [5.74, 6) is 0.468. The molecule has 1 aliphatic carbocycles. The van der Waals surface area contributed by atoms with Crippen molar-refractivity contribution in [3.05, 3.63) is 41.0 Å². The van der Waals surface area contributed by atoms with Crippen molar-refractivity contribution in [1.82, 2.24) is 4.90 Å². The minimum Gasteiger partial charge on any atom is -0.491 e. The van der Waals surface area contributed by atoms with Gasteiger partial charge in [0.25, 0.3) is 0 Å². The zero-order valence-electron chi connectivity index (χ0n) is 17.2. The van der Waals surface area contributed by atoms with E-state index in [0.717, 1.165) is 35.3 Å². The van der Waals surface area contributed by atoms with Gasteiger partial charge in [0.1, 0.15) is 12.4 Å². The van der Waals surface area contributed by atoms with E-state index in [1.807, 2.05) is 19.9 Å². The maximum absolute atomic E-state index is 12.7. The zero-order valence-corrected chi connectivity index (χ0v) is 17.2. The van der Waals surface area contributed by atoms with Crippen molar-refractivity contribution in [2.75, 3.05) is 33.9 Å². The van der Waals surface area contributed by atoms with Crippen LogP contribution in [0.1, 0.15) is 41.7 Å². The first-order valence-corrected chi connectivity index (χ1v) is 9.62. The molecule has 0 aliphatic heterocycles. The summed E-state index contributed by atoms with van der Waals surface area (Å²) >= 11 is 0. The lowest BCUT2D eigenvalue weighted by atomic mass is 9.72. The van der Waals surface area contributed by atoms with Crippen molar-refractivity contribution in [1.29, 1.82) is 0 Å². The third-order valence-electron chi connectivity index (χ3n) is 5.71. The van der Waals surface area contributed by atoms with Crippen molar-refractivity contribution >= 4 is 5.91 Å². The average Bonchev–Trinajstić information content (AvgIpc) is 2.64. The molecule has 5 nitrogen and oxygen atoms in total. The van der Waals surface area contributed by atoms with Crippen molar-refractivity contribution < 1.29 is 19.4 Å². The van der Waals surface area contributed by atoms with Crippen LogP contribution in [0, 0.1) is 25.7 Å². The number of aryl methyl sites for hydroxylation is 1. The summed E-state index contributed by atoms with van der Waals surface area (Å²) in [6.45, 7) is 11.2. The topological polar surface area (TPSA) is 59.0 Å². The highest BCUT2D eigenvalue weighted by Gasteiger charge is 2.37. The van der Waals surface area contributed by atoms with Crippen molar-refractivity contribution in [2.45, 2.75) is 39.7 Å². The molecule has 0 saturated carbocycles. The molecule has 5 heteroatoms. The number of likely N-dealkylation sites (N-methyl/N-ethyl adjacent to an activating group) is 1. The number of amides is 1. The minimum absolute atomic E-state index is 0.0456. The van der Waals surface area contributed by atoms with Crippen molar-refractivity contribution in [3.63, 3.8) is 0 Å². The van der Waals surface area contributed by atoms with Crippen LogP contribution in [0.15, 0.2) is 18.7 Å². The normalized spacial score (nSPS) is 19.9. The van der Waals surface area contributed by atoms with E-state index in [4.69, 9.17) is 9.47 Å². The minimum atomic E-state index is -0.672. The Morgan fingerprint density at radius 2 is 2.15 bits per heavy atom. The van der Waals surface area contributed by atoms with E-state index >= 15 is 0 Å². The van der Waals surface area contributed by atoms with Crippen LogP contribution in [0.3, 0.4) is 0 Å². The summed E-state index contributed by atoms with van der Waals surface area (Å²) in [6, 6.07) is 2.04. The summed E-state index contributed by atoms with van der Waals surface area (Å²) < 4.78 is 10.9. The van der Waals surface area contributed by atoms with E-state index in [2.05, 4.69) is 13.5 Å². The number of hydrogen-bond donors (Lipinski definition) is 1. The average molecular weight is 376 g/mol. The summed E-state index contributed by atoms with van der Waals surface area (Å²) in [7, 11) is 3.42. The first kappa shape index (κ1) is 21.5. The van der Waals surface area contributed by atoms with E-state index in [-0.39, 0.29) is 17.7 Å². The van der Waals surface area contributed by atoms with Gasteiger partial charge in [-0.05, 0) is 55.0 Å².